The van der Waals surface area contributed by atoms with E-state index in [-0.39, 0.29) is 5.82 Å². The lowest BCUT2D eigenvalue weighted by atomic mass is 9.90. The van der Waals surface area contributed by atoms with Crippen molar-refractivity contribution < 1.29 is 4.39 Å². The van der Waals surface area contributed by atoms with Crippen LogP contribution in [0.2, 0.25) is 0 Å². The van der Waals surface area contributed by atoms with Gasteiger partial charge in [-0.3, -0.25) is 4.68 Å². The van der Waals surface area contributed by atoms with Gasteiger partial charge in [0.15, 0.2) is 0 Å². The van der Waals surface area contributed by atoms with Crippen molar-refractivity contribution in [3.8, 4) is 0 Å². The van der Waals surface area contributed by atoms with E-state index in [2.05, 4.69) is 10.1 Å². The van der Waals surface area contributed by atoms with Crippen molar-refractivity contribution in [1.29, 1.82) is 0 Å². The molecule has 0 saturated carbocycles. The van der Waals surface area contributed by atoms with Crippen molar-refractivity contribution in [1.82, 2.24) is 14.8 Å². The van der Waals surface area contributed by atoms with Crippen molar-refractivity contribution >= 4 is 0 Å². The summed E-state index contributed by atoms with van der Waals surface area (Å²) >= 11 is 0. The normalized spacial score (nSPS) is 14.3. The SMILES string of the molecule is CCn1ncnc1CC(C)(N)Cc1ccc(F)cc1. The number of rotatable bonds is 5. The highest BCUT2D eigenvalue weighted by atomic mass is 19.1. The molecule has 1 aromatic carbocycles. The first-order valence-electron chi connectivity index (χ1n) is 6.40. The standard InChI is InChI=1S/C14H19FN4/c1-3-19-13(17-10-18-19)9-14(2,16)8-11-4-6-12(15)7-5-11/h4-7,10H,3,8-9,16H2,1-2H3. The van der Waals surface area contributed by atoms with Crippen LogP contribution in [0.25, 0.3) is 0 Å². The Hall–Kier alpha value is -1.75. The first-order chi connectivity index (χ1) is 9.00. The van der Waals surface area contributed by atoms with Crippen molar-refractivity contribution in [2.24, 2.45) is 5.73 Å². The first kappa shape index (κ1) is 13.7. The molecular formula is C14H19FN4. The largest absolute Gasteiger partial charge is 0.325 e. The Morgan fingerprint density at radius 1 is 1.26 bits per heavy atom. The quantitative estimate of drug-likeness (QED) is 0.896. The molecule has 0 aliphatic carbocycles. The number of nitrogens with two attached hydrogens (primary N) is 1. The molecule has 1 heterocycles. The van der Waals surface area contributed by atoms with Gasteiger partial charge in [0.1, 0.15) is 18.0 Å². The third kappa shape index (κ3) is 3.61. The predicted octanol–water partition coefficient (Wildman–Crippen LogP) is 1.94. The number of benzene rings is 1. The van der Waals surface area contributed by atoms with Gasteiger partial charge in [0, 0.05) is 18.5 Å². The number of nitrogens with zero attached hydrogens (tertiary/aromatic N) is 3. The van der Waals surface area contributed by atoms with Crippen LogP contribution in [0, 0.1) is 5.82 Å². The zero-order valence-corrected chi connectivity index (χ0v) is 11.3. The van der Waals surface area contributed by atoms with Crippen molar-refractivity contribution in [3.05, 3.63) is 47.8 Å². The Morgan fingerprint density at radius 2 is 1.95 bits per heavy atom. The van der Waals surface area contributed by atoms with E-state index in [0.29, 0.717) is 12.8 Å². The van der Waals surface area contributed by atoms with E-state index in [9.17, 15) is 4.39 Å². The molecular weight excluding hydrogens is 243 g/mol. The smallest absolute Gasteiger partial charge is 0.138 e. The Balaban J connectivity index is 2.08. The molecule has 4 nitrogen and oxygen atoms in total. The number of hydrogen-bond acceptors (Lipinski definition) is 3. The average Bonchev–Trinajstić information content (AvgIpc) is 2.78. The Bertz CT molecular complexity index is 531. The van der Waals surface area contributed by atoms with E-state index in [4.69, 9.17) is 5.73 Å². The minimum atomic E-state index is -0.433. The summed E-state index contributed by atoms with van der Waals surface area (Å²) in [4.78, 5) is 4.24. The fraction of sp³-hybridized carbons (Fsp3) is 0.429. The molecule has 2 rings (SSSR count). The maximum absolute atomic E-state index is 12.9. The molecule has 1 aromatic heterocycles. The monoisotopic (exact) mass is 262 g/mol. The van der Waals surface area contributed by atoms with Crippen LogP contribution in [0.4, 0.5) is 4.39 Å². The van der Waals surface area contributed by atoms with Crippen LogP contribution in [0.15, 0.2) is 30.6 Å². The molecule has 5 heteroatoms. The molecule has 0 amide bonds. The van der Waals surface area contributed by atoms with E-state index < -0.39 is 5.54 Å². The summed E-state index contributed by atoms with van der Waals surface area (Å²) in [5.41, 5.74) is 6.92. The molecule has 2 aromatic rings. The van der Waals surface area contributed by atoms with Gasteiger partial charge in [-0.1, -0.05) is 12.1 Å². The van der Waals surface area contributed by atoms with Gasteiger partial charge >= 0.3 is 0 Å². The van der Waals surface area contributed by atoms with Crippen molar-refractivity contribution in [3.63, 3.8) is 0 Å². The van der Waals surface area contributed by atoms with Crippen LogP contribution in [0.3, 0.4) is 0 Å². The Labute approximate surface area is 112 Å². The zero-order chi connectivity index (χ0) is 13.9. The number of halogens is 1. The van der Waals surface area contributed by atoms with Crippen LogP contribution >= 0.6 is 0 Å². The van der Waals surface area contributed by atoms with Gasteiger partial charge in [0.25, 0.3) is 0 Å². The summed E-state index contributed by atoms with van der Waals surface area (Å²) in [6.07, 6.45) is 2.86. The molecule has 0 saturated heterocycles. The third-order valence-electron chi connectivity index (χ3n) is 3.08. The van der Waals surface area contributed by atoms with Gasteiger partial charge in [-0.15, -0.1) is 0 Å². The molecule has 1 unspecified atom stereocenters. The number of aromatic nitrogens is 3. The van der Waals surface area contributed by atoms with Gasteiger partial charge in [0.2, 0.25) is 0 Å². The predicted molar refractivity (Wildman–Crippen MR) is 72.1 cm³/mol. The van der Waals surface area contributed by atoms with E-state index in [1.165, 1.54) is 12.1 Å². The van der Waals surface area contributed by atoms with Crippen molar-refractivity contribution in [2.45, 2.75) is 38.8 Å². The second-order valence-corrected chi connectivity index (χ2v) is 5.13. The lowest BCUT2D eigenvalue weighted by Gasteiger charge is -2.24. The van der Waals surface area contributed by atoms with Crippen LogP contribution < -0.4 is 5.73 Å². The number of aryl methyl sites for hydroxylation is 1. The van der Waals surface area contributed by atoms with E-state index in [1.807, 2.05) is 18.5 Å². The molecule has 0 radical (unpaired) electrons. The summed E-state index contributed by atoms with van der Waals surface area (Å²) in [7, 11) is 0. The maximum atomic E-state index is 12.9. The summed E-state index contributed by atoms with van der Waals surface area (Å²) in [5, 5.41) is 4.14. The highest BCUT2D eigenvalue weighted by molar-refractivity contribution is 5.19. The fourth-order valence-corrected chi connectivity index (χ4v) is 2.18. The lowest BCUT2D eigenvalue weighted by Crippen LogP contribution is -2.41. The highest BCUT2D eigenvalue weighted by Gasteiger charge is 2.22. The van der Waals surface area contributed by atoms with Gasteiger partial charge in [-0.2, -0.15) is 5.10 Å². The van der Waals surface area contributed by atoms with E-state index in [1.54, 1.807) is 18.5 Å². The second-order valence-electron chi connectivity index (χ2n) is 5.13. The molecule has 1 atom stereocenters. The minimum absolute atomic E-state index is 0.229. The maximum Gasteiger partial charge on any atom is 0.138 e. The molecule has 0 bridgehead atoms. The summed E-state index contributed by atoms with van der Waals surface area (Å²) < 4.78 is 14.7. The van der Waals surface area contributed by atoms with E-state index in [0.717, 1.165) is 17.9 Å². The van der Waals surface area contributed by atoms with Gasteiger partial charge in [0.05, 0.1) is 0 Å². The molecule has 0 spiro atoms. The molecule has 0 aliphatic rings. The summed E-state index contributed by atoms with van der Waals surface area (Å²) in [6, 6.07) is 6.45. The topological polar surface area (TPSA) is 56.7 Å². The van der Waals surface area contributed by atoms with Gasteiger partial charge in [-0.25, -0.2) is 9.37 Å². The Kier molecular flexibility index (Phi) is 3.95. The number of hydrogen-bond donors (Lipinski definition) is 1. The fourth-order valence-electron chi connectivity index (χ4n) is 2.18. The minimum Gasteiger partial charge on any atom is -0.325 e. The molecule has 0 aliphatic heterocycles. The lowest BCUT2D eigenvalue weighted by molar-refractivity contribution is 0.435. The van der Waals surface area contributed by atoms with Crippen molar-refractivity contribution in [2.75, 3.05) is 0 Å². The van der Waals surface area contributed by atoms with Crippen LogP contribution in [-0.4, -0.2) is 20.3 Å². The molecule has 19 heavy (non-hydrogen) atoms. The van der Waals surface area contributed by atoms with Crippen LogP contribution in [-0.2, 0) is 19.4 Å². The van der Waals surface area contributed by atoms with Gasteiger partial charge < -0.3 is 5.73 Å². The van der Waals surface area contributed by atoms with Crippen LogP contribution in [0.1, 0.15) is 25.2 Å². The zero-order valence-electron chi connectivity index (χ0n) is 11.3. The summed E-state index contributed by atoms with van der Waals surface area (Å²) in [5.74, 6) is 0.655. The average molecular weight is 262 g/mol. The summed E-state index contributed by atoms with van der Waals surface area (Å²) in [6.45, 7) is 4.78. The molecule has 102 valence electrons. The van der Waals surface area contributed by atoms with Gasteiger partial charge in [-0.05, 0) is 38.0 Å². The van der Waals surface area contributed by atoms with E-state index >= 15 is 0 Å². The molecule has 2 N–H and O–H groups in total. The highest BCUT2D eigenvalue weighted by Crippen LogP contribution is 2.16. The first-order valence-corrected chi connectivity index (χ1v) is 6.40. The second kappa shape index (κ2) is 5.48. The third-order valence-corrected chi connectivity index (χ3v) is 3.08. The van der Waals surface area contributed by atoms with Crippen LogP contribution in [0.5, 0.6) is 0 Å². The molecule has 0 fully saturated rings. The Morgan fingerprint density at radius 3 is 2.58 bits per heavy atom.